The molecule has 288 valence electrons. The molecular formula is C46H50N6O4. The summed E-state index contributed by atoms with van der Waals surface area (Å²) in [4.78, 5) is 45.4. The number of piperazine rings is 1. The summed E-state index contributed by atoms with van der Waals surface area (Å²) in [5.74, 6) is 2.76. The number of guanidine groups is 2. The van der Waals surface area contributed by atoms with E-state index >= 15 is 0 Å². The Balaban J connectivity index is 1.02. The summed E-state index contributed by atoms with van der Waals surface area (Å²) in [5.41, 5.74) is 4.84. The highest BCUT2D eigenvalue weighted by atomic mass is 16.5. The molecule has 0 N–H and O–H groups in total. The van der Waals surface area contributed by atoms with E-state index in [4.69, 9.17) is 19.5 Å². The zero-order valence-corrected chi connectivity index (χ0v) is 32.3. The molecule has 1 saturated heterocycles. The fourth-order valence-corrected chi connectivity index (χ4v) is 6.82. The number of amides is 2. The van der Waals surface area contributed by atoms with Crippen LogP contribution in [0.1, 0.15) is 61.8 Å². The Hall–Kier alpha value is -6.16. The van der Waals surface area contributed by atoms with Crippen LogP contribution in [-0.4, -0.2) is 82.6 Å². The lowest BCUT2D eigenvalue weighted by atomic mass is 10.2. The van der Waals surface area contributed by atoms with Gasteiger partial charge in [-0.3, -0.25) is 19.4 Å². The van der Waals surface area contributed by atoms with Crippen molar-refractivity contribution in [3.8, 4) is 11.5 Å². The molecule has 3 aliphatic rings. The quantitative estimate of drug-likeness (QED) is 0.122. The number of hydrogen-bond acceptors (Lipinski definition) is 8. The number of aliphatic imine (C=N–C) groups is 2. The van der Waals surface area contributed by atoms with Crippen molar-refractivity contribution in [2.45, 2.75) is 52.7 Å². The van der Waals surface area contributed by atoms with Crippen LogP contribution >= 0.6 is 0 Å². The van der Waals surface area contributed by atoms with Gasteiger partial charge in [0.25, 0.3) is 11.8 Å². The second kappa shape index (κ2) is 18.4. The first-order valence-electron chi connectivity index (χ1n) is 19.8. The highest BCUT2D eigenvalue weighted by Crippen LogP contribution is 2.26. The van der Waals surface area contributed by atoms with E-state index in [1.807, 2.05) is 131 Å². The molecular weight excluding hydrogens is 701 g/mol. The Morgan fingerprint density at radius 1 is 0.536 bits per heavy atom. The summed E-state index contributed by atoms with van der Waals surface area (Å²) in [6.07, 6.45) is 7.42. The van der Waals surface area contributed by atoms with E-state index in [0.29, 0.717) is 75.8 Å². The van der Waals surface area contributed by atoms with Gasteiger partial charge in [-0.2, -0.15) is 0 Å². The lowest BCUT2D eigenvalue weighted by molar-refractivity contribution is -0.124. The van der Waals surface area contributed by atoms with Gasteiger partial charge < -0.3 is 19.3 Å². The summed E-state index contributed by atoms with van der Waals surface area (Å²) in [5, 5.41) is 0. The molecule has 10 nitrogen and oxygen atoms in total. The molecule has 4 aromatic carbocycles. The number of carbonyl (C=O) groups excluding carboxylic acids is 2. The minimum Gasteiger partial charge on any atom is -0.489 e. The maximum atomic E-state index is 13.7. The monoisotopic (exact) mass is 750 g/mol. The smallest absolute Gasteiger partial charge is 0.279 e. The zero-order chi connectivity index (χ0) is 38.7. The average molecular weight is 751 g/mol. The third kappa shape index (κ3) is 9.37. The predicted molar refractivity (Wildman–Crippen MR) is 222 cm³/mol. The molecule has 2 amide bonds. The van der Waals surface area contributed by atoms with Gasteiger partial charge in [-0.05, 0) is 71.5 Å². The molecule has 0 bridgehead atoms. The lowest BCUT2D eigenvalue weighted by Gasteiger charge is -2.39. The van der Waals surface area contributed by atoms with Crippen molar-refractivity contribution in [1.82, 2.24) is 19.6 Å². The topological polar surface area (TPSA) is 90.3 Å². The normalized spacial score (nSPS) is 17.2. The van der Waals surface area contributed by atoms with Crippen LogP contribution in [0.5, 0.6) is 11.5 Å². The summed E-state index contributed by atoms with van der Waals surface area (Å²) in [6.45, 7) is 9.04. The third-order valence-corrected chi connectivity index (χ3v) is 10.0. The van der Waals surface area contributed by atoms with Crippen LogP contribution in [0, 0.1) is 0 Å². The number of rotatable bonds is 14. The van der Waals surface area contributed by atoms with Crippen LogP contribution in [-0.2, 0) is 22.8 Å². The molecule has 0 unspecified atom stereocenters. The third-order valence-electron chi connectivity index (χ3n) is 10.0. The number of benzene rings is 4. The molecule has 0 saturated carbocycles. The maximum Gasteiger partial charge on any atom is 0.279 e. The molecule has 0 radical (unpaired) electrons. The van der Waals surface area contributed by atoms with Crippen molar-refractivity contribution in [3.05, 3.63) is 143 Å². The molecule has 10 heteroatoms. The van der Waals surface area contributed by atoms with Crippen LogP contribution < -0.4 is 9.47 Å². The van der Waals surface area contributed by atoms with Gasteiger partial charge in [0.15, 0.2) is 0 Å². The molecule has 56 heavy (non-hydrogen) atoms. The van der Waals surface area contributed by atoms with Gasteiger partial charge in [0.2, 0.25) is 11.9 Å². The van der Waals surface area contributed by atoms with Crippen molar-refractivity contribution in [2.75, 3.05) is 39.3 Å². The van der Waals surface area contributed by atoms with E-state index in [-0.39, 0.29) is 11.8 Å². The van der Waals surface area contributed by atoms with E-state index in [0.717, 1.165) is 59.4 Å². The van der Waals surface area contributed by atoms with E-state index in [1.165, 1.54) is 0 Å². The number of hydrogen-bond donors (Lipinski definition) is 0. The van der Waals surface area contributed by atoms with Gasteiger partial charge in [-0.25, -0.2) is 9.98 Å². The van der Waals surface area contributed by atoms with Crippen LogP contribution in [0.3, 0.4) is 0 Å². The second-order valence-corrected chi connectivity index (χ2v) is 14.2. The van der Waals surface area contributed by atoms with E-state index in [1.54, 1.807) is 0 Å². The maximum absolute atomic E-state index is 13.7. The highest BCUT2D eigenvalue weighted by Gasteiger charge is 2.38. The minimum atomic E-state index is -0.0812. The average Bonchev–Trinajstić information content (AvgIpc) is 3.72. The summed E-state index contributed by atoms with van der Waals surface area (Å²) < 4.78 is 11.9. The lowest BCUT2D eigenvalue weighted by Crippen LogP contribution is -2.56. The van der Waals surface area contributed by atoms with Crippen molar-refractivity contribution < 1.29 is 19.1 Å². The van der Waals surface area contributed by atoms with Crippen LogP contribution in [0.4, 0.5) is 0 Å². The van der Waals surface area contributed by atoms with Crippen molar-refractivity contribution in [1.29, 1.82) is 0 Å². The van der Waals surface area contributed by atoms with E-state index < -0.39 is 0 Å². The zero-order valence-electron chi connectivity index (χ0n) is 32.3. The summed E-state index contributed by atoms with van der Waals surface area (Å²) >= 11 is 0. The van der Waals surface area contributed by atoms with E-state index in [2.05, 4.69) is 23.6 Å². The number of nitrogens with zero attached hydrogens (tertiary/aromatic N) is 6. The number of carbonyl (C=O) groups is 2. The first kappa shape index (κ1) is 38.1. The molecule has 4 aromatic rings. The Labute approximate surface area is 330 Å². The van der Waals surface area contributed by atoms with Gasteiger partial charge in [0, 0.05) is 39.3 Å². The molecule has 0 spiro atoms. The van der Waals surface area contributed by atoms with Crippen LogP contribution in [0.2, 0.25) is 0 Å². The van der Waals surface area contributed by atoms with Gasteiger partial charge in [0.1, 0.15) is 36.1 Å². The number of ether oxygens (including phenoxy) is 2. The SMILES string of the molecule is CCCCN1C(=O)/C(=C/c2ccc(OCc3ccccc3)cc2)N=C1N1CCN(C2=N/C(=C\c3ccc(OCc4ccccc4)cc3)C(=O)N2CCCC)CC1. The van der Waals surface area contributed by atoms with Crippen LogP contribution in [0.25, 0.3) is 12.2 Å². The molecule has 0 aliphatic carbocycles. The van der Waals surface area contributed by atoms with Gasteiger partial charge >= 0.3 is 0 Å². The first-order chi connectivity index (χ1) is 27.5. The predicted octanol–water partition coefficient (Wildman–Crippen LogP) is 7.84. The molecule has 0 atom stereocenters. The van der Waals surface area contributed by atoms with E-state index in [9.17, 15) is 9.59 Å². The Kier molecular flexibility index (Phi) is 12.6. The number of unbranched alkanes of at least 4 members (excludes halogenated alkanes) is 2. The largest absolute Gasteiger partial charge is 0.489 e. The van der Waals surface area contributed by atoms with Crippen molar-refractivity contribution in [2.24, 2.45) is 9.98 Å². The Bertz CT molecular complexity index is 1920. The first-order valence-corrected chi connectivity index (χ1v) is 19.8. The molecule has 3 aliphatic heterocycles. The molecule has 3 heterocycles. The standard InChI is InChI=1S/C46H50N6O4/c1-3-5-25-51-43(53)41(31-35-17-21-39(22-18-35)55-33-37-13-9-7-10-14-37)47-45(51)49-27-29-50(30-28-49)46-48-42(44(54)52(46)26-6-4-2)32-36-19-23-40(24-20-36)56-34-38-15-11-8-12-16-38/h7-24,31-32H,3-6,25-30,33-34H2,1-2H3/b41-31-,42-32-. The Morgan fingerprint density at radius 3 is 1.27 bits per heavy atom. The van der Waals surface area contributed by atoms with Gasteiger partial charge in [-0.1, -0.05) is 112 Å². The fourth-order valence-electron chi connectivity index (χ4n) is 6.82. The van der Waals surface area contributed by atoms with Crippen molar-refractivity contribution in [3.63, 3.8) is 0 Å². The molecule has 1 fully saturated rings. The fraction of sp³-hybridized carbons (Fsp3) is 0.304. The Morgan fingerprint density at radius 2 is 0.911 bits per heavy atom. The second-order valence-electron chi connectivity index (χ2n) is 14.2. The summed E-state index contributed by atoms with van der Waals surface area (Å²) in [7, 11) is 0. The molecule has 7 rings (SSSR count). The summed E-state index contributed by atoms with van der Waals surface area (Å²) in [6, 6.07) is 35.6. The van der Waals surface area contributed by atoms with Crippen molar-refractivity contribution >= 4 is 35.9 Å². The highest BCUT2D eigenvalue weighted by molar-refractivity contribution is 6.14. The van der Waals surface area contributed by atoms with Gasteiger partial charge in [0.05, 0.1) is 0 Å². The van der Waals surface area contributed by atoms with Crippen LogP contribution in [0.15, 0.2) is 131 Å². The minimum absolute atomic E-state index is 0.0812. The molecule has 0 aromatic heterocycles. The van der Waals surface area contributed by atoms with Gasteiger partial charge in [-0.15, -0.1) is 0 Å².